The van der Waals surface area contributed by atoms with Gasteiger partial charge in [0, 0.05) is 17.3 Å². The molecular weight excluding hydrogens is 366 g/mol. The lowest BCUT2D eigenvalue weighted by molar-refractivity contribution is 0.103. The lowest BCUT2D eigenvalue weighted by Gasteiger charge is -2.04. The minimum Gasteiger partial charge on any atom is -0.324 e. The summed E-state index contributed by atoms with van der Waals surface area (Å²) in [5, 5.41) is 3.47. The number of thiophene rings is 1. The topological polar surface area (TPSA) is 46.9 Å². The molecule has 2 aromatic carbocycles. The molecule has 0 saturated carbocycles. The number of para-hydroxylation sites is 2. The maximum absolute atomic E-state index is 12.5. The van der Waals surface area contributed by atoms with Crippen molar-refractivity contribution in [3.63, 3.8) is 0 Å². The molecule has 1 N–H and O–H groups in total. The molecule has 2 heterocycles. The Labute approximate surface area is 160 Å². The number of rotatable bonds is 4. The Bertz CT molecular complexity index is 1100. The van der Waals surface area contributed by atoms with Crippen LogP contribution in [0, 0.1) is 0 Å². The first-order chi connectivity index (χ1) is 12.7. The number of aromatic nitrogens is 2. The van der Waals surface area contributed by atoms with Gasteiger partial charge in [0.1, 0.15) is 0 Å². The first-order valence-electron chi connectivity index (χ1n) is 8.28. The number of amides is 1. The van der Waals surface area contributed by atoms with E-state index in [1.54, 1.807) is 18.2 Å². The van der Waals surface area contributed by atoms with Gasteiger partial charge in [-0.15, -0.1) is 11.3 Å². The fraction of sp³-hybridized carbons (Fsp3) is 0.100. The number of fused-ring (bicyclic) bond motifs is 1. The van der Waals surface area contributed by atoms with Crippen LogP contribution in [0.4, 0.5) is 5.69 Å². The van der Waals surface area contributed by atoms with Crippen LogP contribution in [-0.2, 0) is 6.54 Å². The van der Waals surface area contributed by atoms with Gasteiger partial charge in [0.2, 0.25) is 0 Å². The molecule has 0 unspecified atom stereocenters. The quantitative estimate of drug-likeness (QED) is 0.493. The smallest absolute Gasteiger partial charge is 0.265 e. The van der Waals surface area contributed by atoms with Crippen LogP contribution < -0.4 is 5.32 Å². The van der Waals surface area contributed by atoms with E-state index in [0.717, 1.165) is 28.3 Å². The summed E-state index contributed by atoms with van der Waals surface area (Å²) in [5.41, 5.74) is 2.74. The Hall–Kier alpha value is -2.63. The number of anilines is 1. The molecule has 2 aromatic heterocycles. The maximum Gasteiger partial charge on any atom is 0.265 e. The average Bonchev–Trinajstić information content (AvgIpc) is 3.26. The molecule has 4 rings (SSSR count). The summed E-state index contributed by atoms with van der Waals surface area (Å²) in [4.78, 5) is 18.9. The monoisotopic (exact) mass is 381 g/mol. The van der Waals surface area contributed by atoms with Crippen molar-refractivity contribution in [3.05, 3.63) is 70.6 Å². The average molecular weight is 382 g/mol. The second kappa shape index (κ2) is 6.94. The van der Waals surface area contributed by atoms with Gasteiger partial charge in [0.15, 0.2) is 5.82 Å². The second-order valence-corrected chi connectivity index (χ2v) is 7.32. The van der Waals surface area contributed by atoms with Gasteiger partial charge in [-0.2, -0.15) is 0 Å². The molecule has 0 aliphatic heterocycles. The van der Waals surface area contributed by atoms with Crippen LogP contribution in [0.3, 0.4) is 0 Å². The highest BCUT2D eigenvalue weighted by molar-refractivity contribution is 7.17. The van der Waals surface area contributed by atoms with Gasteiger partial charge in [-0.25, -0.2) is 4.98 Å². The van der Waals surface area contributed by atoms with Crippen molar-refractivity contribution in [2.45, 2.75) is 13.5 Å². The molecule has 4 nitrogen and oxygen atoms in total. The van der Waals surface area contributed by atoms with Crippen LogP contribution in [0.15, 0.2) is 60.7 Å². The number of hydrogen-bond donors (Lipinski definition) is 1. The fourth-order valence-corrected chi connectivity index (χ4v) is 4.01. The van der Waals surface area contributed by atoms with E-state index in [2.05, 4.69) is 22.9 Å². The van der Waals surface area contributed by atoms with Crippen LogP contribution >= 0.6 is 22.9 Å². The Kier molecular flexibility index (Phi) is 4.49. The van der Waals surface area contributed by atoms with Gasteiger partial charge in [-0.05, 0) is 49.4 Å². The van der Waals surface area contributed by atoms with Gasteiger partial charge in [0.25, 0.3) is 5.91 Å². The van der Waals surface area contributed by atoms with Crippen molar-refractivity contribution in [2.24, 2.45) is 0 Å². The van der Waals surface area contributed by atoms with Crippen LogP contribution in [0.5, 0.6) is 0 Å². The van der Waals surface area contributed by atoms with E-state index < -0.39 is 0 Å². The Morgan fingerprint density at radius 2 is 2.00 bits per heavy atom. The molecule has 0 spiro atoms. The number of carbonyl (C=O) groups is 1. The summed E-state index contributed by atoms with van der Waals surface area (Å²) in [6.45, 7) is 2.91. The number of nitrogens with zero attached hydrogens (tertiary/aromatic N) is 2. The molecule has 0 fully saturated rings. The number of aryl methyl sites for hydroxylation is 1. The third kappa shape index (κ3) is 3.11. The van der Waals surface area contributed by atoms with Crippen molar-refractivity contribution < 1.29 is 4.79 Å². The Balaban J connectivity index is 1.65. The van der Waals surface area contributed by atoms with Gasteiger partial charge in [-0.3, -0.25) is 4.79 Å². The van der Waals surface area contributed by atoms with Gasteiger partial charge in [-0.1, -0.05) is 29.8 Å². The van der Waals surface area contributed by atoms with Crippen molar-refractivity contribution in [1.29, 1.82) is 0 Å². The molecule has 0 radical (unpaired) electrons. The van der Waals surface area contributed by atoms with Crippen LogP contribution in [-0.4, -0.2) is 15.5 Å². The predicted octanol–water partition coefficient (Wildman–Crippen LogP) is 5.69. The fourth-order valence-electron chi connectivity index (χ4n) is 2.92. The summed E-state index contributed by atoms with van der Waals surface area (Å²) in [6.07, 6.45) is 0. The molecule has 26 heavy (non-hydrogen) atoms. The highest BCUT2D eigenvalue weighted by Gasteiger charge is 2.16. The summed E-state index contributed by atoms with van der Waals surface area (Å²) < 4.78 is 2.17. The minimum absolute atomic E-state index is 0.150. The van der Waals surface area contributed by atoms with E-state index >= 15 is 0 Å². The number of nitrogens with one attached hydrogen (secondary N) is 1. The summed E-state index contributed by atoms with van der Waals surface area (Å²) in [5.74, 6) is 0.739. The van der Waals surface area contributed by atoms with E-state index in [1.807, 2.05) is 36.4 Å². The van der Waals surface area contributed by atoms with Crippen molar-refractivity contribution in [2.75, 3.05) is 5.32 Å². The SMILES string of the molecule is CCn1c(-c2ccc(C(=O)Nc3cccc(Cl)c3)s2)nc2ccccc21. The zero-order chi connectivity index (χ0) is 18.1. The zero-order valence-corrected chi connectivity index (χ0v) is 15.6. The van der Waals surface area contributed by atoms with Crippen molar-refractivity contribution in [1.82, 2.24) is 9.55 Å². The standard InChI is InChI=1S/C20H16ClN3OS/c1-2-24-16-9-4-3-8-15(16)23-19(24)17-10-11-18(26-17)20(25)22-14-7-5-6-13(21)12-14/h3-12H,2H2,1H3,(H,22,25). The molecule has 1 amide bonds. The Morgan fingerprint density at radius 1 is 1.15 bits per heavy atom. The normalized spacial score (nSPS) is 11.0. The molecule has 0 atom stereocenters. The minimum atomic E-state index is -0.150. The van der Waals surface area contributed by atoms with Crippen molar-refractivity contribution >= 4 is 45.6 Å². The van der Waals surface area contributed by atoms with E-state index in [-0.39, 0.29) is 5.91 Å². The predicted molar refractivity (Wildman–Crippen MR) is 108 cm³/mol. The second-order valence-electron chi connectivity index (χ2n) is 5.80. The first kappa shape index (κ1) is 16.8. The molecule has 130 valence electrons. The molecule has 0 aliphatic carbocycles. The highest BCUT2D eigenvalue weighted by atomic mass is 35.5. The maximum atomic E-state index is 12.5. The van der Waals surface area contributed by atoms with Crippen molar-refractivity contribution in [3.8, 4) is 10.7 Å². The molecule has 0 saturated heterocycles. The molecular formula is C20H16ClN3OS. The first-order valence-corrected chi connectivity index (χ1v) is 9.47. The van der Waals surface area contributed by atoms with Crippen LogP contribution in [0.2, 0.25) is 5.02 Å². The summed E-state index contributed by atoms with van der Waals surface area (Å²) >= 11 is 7.40. The molecule has 6 heteroatoms. The molecule has 0 aliphatic rings. The summed E-state index contributed by atoms with van der Waals surface area (Å²) in [6, 6.07) is 19.0. The lowest BCUT2D eigenvalue weighted by atomic mass is 10.3. The number of imidazole rings is 1. The van der Waals surface area contributed by atoms with E-state index in [0.29, 0.717) is 15.6 Å². The zero-order valence-electron chi connectivity index (χ0n) is 14.1. The van der Waals surface area contributed by atoms with Gasteiger partial charge in [0.05, 0.1) is 20.8 Å². The number of benzene rings is 2. The largest absolute Gasteiger partial charge is 0.324 e. The lowest BCUT2D eigenvalue weighted by Crippen LogP contribution is -2.09. The molecule has 4 aromatic rings. The van der Waals surface area contributed by atoms with Crippen LogP contribution in [0.25, 0.3) is 21.7 Å². The summed E-state index contributed by atoms with van der Waals surface area (Å²) in [7, 11) is 0. The molecule has 0 bridgehead atoms. The van der Waals surface area contributed by atoms with Crippen LogP contribution in [0.1, 0.15) is 16.6 Å². The highest BCUT2D eigenvalue weighted by Crippen LogP contribution is 2.31. The number of hydrogen-bond acceptors (Lipinski definition) is 3. The van der Waals surface area contributed by atoms with Gasteiger partial charge >= 0.3 is 0 Å². The van der Waals surface area contributed by atoms with E-state index in [4.69, 9.17) is 16.6 Å². The third-order valence-corrected chi connectivity index (χ3v) is 5.42. The third-order valence-electron chi connectivity index (χ3n) is 4.10. The van der Waals surface area contributed by atoms with Gasteiger partial charge < -0.3 is 9.88 Å². The number of carbonyl (C=O) groups excluding carboxylic acids is 1. The van der Waals surface area contributed by atoms with E-state index in [1.165, 1.54) is 11.3 Å². The van der Waals surface area contributed by atoms with E-state index in [9.17, 15) is 4.79 Å². The number of halogens is 1. The Morgan fingerprint density at radius 3 is 2.81 bits per heavy atom.